The number of aliphatic hydroxyl groups excluding tert-OH is 1. The number of furan rings is 1. The van der Waals surface area contributed by atoms with E-state index in [0.717, 1.165) is 12.3 Å². The molecule has 0 spiro atoms. The molecule has 3 rings (SSSR count). The maximum Gasteiger partial charge on any atom is 0.154 e. The van der Waals surface area contributed by atoms with Crippen molar-refractivity contribution in [3.8, 4) is 0 Å². The number of hydrogen-bond acceptors (Lipinski definition) is 5. The maximum absolute atomic E-state index is 11.6. The molecule has 1 N–H and O–H groups in total. The van der Waals surface area contributed by atoms with E-state index in [0.29, 0.717) is 12.5 Å². The SMILES string of the molecule is O=S1(=O)CC(O)C(N(Cc2ccco2)CC2CC2)C1. The molecule has 1 aromatic heterocycles. The van der Waals surface area contributed by atoms with Gasteiger partial charge in [0.05, 0.1) is 36.5 Å². The van der Waals surface area contributed by atoms with Gasteiger partial charge in [0.2, 0.25) is 0 Å². The molecular weight excluding hydrogens is 266 g/mol. The summed E-state index contributed by atoms with van der Waals surface area (Å²) in [6, 6.07) is 3.41. The van der Waals surface area contributed by atoms with Crippen LogP contribution in [0.15, 0.2) is 22.8 Å². The first-order valence-electron chi connectivity index (χ1n) is 6.68. The lowest BCUT2D eigenvalue weighted by molar-refractivity contribution is 0.0705. The molecule has 1 aliphatic carbocycles. The molecule has 19 heavy (non-hydrogen) atoms. The number of rotatable bonds is 5. The van der Waals surface area contributed by atoms with Crippen molar-refractivity contribution in [1.29, 1.82) is 0 Å². The third-order valence-electron chi connectivity index (χ3n) is 3.89. The monoisotopic (exact) mass is 285 g/mol. The Bertz CT molecular complexity index is 521. The minimum Gasteiger partial charge on any atom is -0.468 e. The van der Waals surface area contributed by atoms with Crippen LogP contribution in [-0.2, 0) is 16.4 Å². The topological polar surface area (TPSA) is 70.8 Å². The third-order valence-corrected chi connectivity index (χ3v) is 5.59. The average molecular weight is 285 g/mol. The van der Waals surface area contributed by atoms with Crippen molar-refractivity contribution in [3.63, 3.8) is 0 Å². The summed E-state index contributed by atoms with van der Waals surface area (Å²) in [7, 11) is -3.11. The number of aliphatic hydroxyl groups is 1. The van der Waals surface area contributed by atoms with Crippen LogP contribution in [0.4, 0.5) is 0 Å². The normalized spacial score (nSPS) is 30.0. The zero-order valence-corrected chi connectivity index (χ0v) is 11.6. The number of hydrogen-bond donors (Lipinski definition) is 1. The predicted octanol–water partition coefficient (Wildman–Crippen LogP) is 0.649. The Morgan fingerprint density at radius 1 is 1.37 bits per heavy atom. The van der Waals surface area contributed by atoms with Gasteiger partial charge in [-0.15, -0.1) is 0 Å². The van der Waals surface area contributed by atoms with Gasteiger partial charge in [-0.1, -0.05) is 0 Å². The van der Waals surface area contributed by atoms with Crippen LogP contribution in [0.25, 0.3) is 0 Å². The van der Waals surface area contributed by atoms with E-state index in [1.807, 2.05) is 12.1 Å². The lowest BCUT2D eigenvalue weighted by Gasteiger charge is -2.29. The molecule has 1 aromatic rings. The first-order chi connectivity index (χ1) is 9.03. The summed E-state index contributed by atoms with van der Waals surface area (Å²) in [5.41, 5.74) is 0. The Morgan fingerprint density at radius 2 is 2.16 bits per heavy atom. The Hall–Kier alpha value is -0.850. The van der Waals surface area contributed by atoms with Crippen LogP contribution >= 0.6 is 0 Å². The van der Waals surface area contributed by atoms with Crippen molar-refractivity contribution in [2.75, 3.05) is 18.1 Å². The van der Waals surface area contributed by atoms with Crippen LogP contribution in [-0.4, -0.2) is 48.6 Å². The molecule has 1 aliphatic heterocycles. The molecule has 0 radical (unpaired) electrons. The van der Waals surface area contributed by atoms with Crippen molar-refractivity contribution in [2.24, 2.45) is 5.92 Å². The standard InChI is InChI=1S/C13H19NO4S/c15-13-9-19(16,17)8-12(13)14(6-10-3-4-10)7-11-2-1-5-18-11/h1-2,5,10,12-13,15H,3-4,6-9H2. The van der Waals surface area contributed by atoms with Crippen LogP contribution in [0.1, 0.15) is 18.6 Å². The fourth-order valence-electron chi connectivity index (χ4n) is 2.71. The molecule has 6 heteroatoms. The van der Waals surface area contributed by atoms with Crippen LogP contribution in [0, 0.1) is 5.92 Å². The van der Waals surface area contributed by atoms with Crippen molar-refractivity contribution in [1.82, 2.24) is 4.90 Å². The van der Waals surface area contributed by atoms with Crippen LogP contribution in [0.2, 0.25) is 0 Å². The zero-order valence-electron chi connectivity index (χ0n) is 10.7. The second-order valence-corrected chi connectivity index (χ2v) is 7.82. The van der Waals surface area contributed by atoms with E-state index in [4.69, 9.17) is 4.42 Å². The van der Waals surface area contributed by atoms with Crippen molar-refractivity contribution < 1.29 is 17.9 Å². The average Bonchev–Trinajstić information content (AvgIpc) is 2.89. The van der Waals surface area contributed by atoms with E-state index in [2.05, 4.69) is 4.90 Å². The van der Waals surface area contributed by atoms with E-state index >= 15 is 0 Å². The van der Waals surface area contributed by atoms with Crippen LogP contribution in [0.3, 0.4) is 0 Å². The van der Waals surface area contributed by atoms with Gasteiger partial charge in [0.25, 0.3) is 0 Å². The fourth-order valence-corrected chi connectivity index (χ4v) is 4.54. The number of sulfone groups is 1. The minimum atomic E-state index is -3.11. The lowest BCUT2D eigenvalue weighted by atomic mass is 10.1. The van der Waals surface area contributed by atoms with Crippen molar-refractivity contribution >= 4 is 9.84 Å². The van der Waals surface area contributed by atoms with Gasteiger partial charge in [-0.2, -0.15) is 0 Å². The molecule has 2 fully saturated rings. The highest BCUT2D eigenvalue weighted by Gasteiger charge is 2.41. The smallest absolute Gasteiger partial charge is 0.154 e. The Balaban J connectivity index is 1.74. The van der Waals surface area contributed by atoms with Crippen molar-refractivity contribution in [3.05, 3.63) is 24.2 Å². The molecule has 2 heterocycles. The molecule has 106 valence electrons. The van der Waals surface area contributed by atoms with Crippen molar-refractivity contribution in [2.45, 2.75) is 31.5 Å². The number of nitrogens with zero attached hydrogens (tertiary/aromatic N) is 1. The van der Waals surface area contributed by atoms with E-state index in [1.54, 1.807) is 6.26 Å². The molecule has 5 nitrogen and oxygen atoms in total. The molecular formula is C13H19NO4S. The molecule has 2 aliphatic rings. The maximum atomic E-state index is 11.6. The third kappa shape index (κ3) is 3.19. The summed E-state index contributed by atoms with van der Waals surface area (Å²) in [6.45, 7) is 1.42. The Morgan fingerprint density at radius 3 is 2.68 bits per heavy atom. The minimum absolute atomic E-state index is 0.0571. The summed E-state index contributed by atoms with van der Waals surface area (Å²) in [5.74, 6) is 1.40. The second kappa shape index (κ2) is 4.92. The van der Waals surface area contributed by atoms with Gasteiger partial charge in [0.1, 0.15) is 5.76 Å². The van der Waals surface area contributed by atoms with E-state index in [9.17, 15) is 13.5 Å². The van der Waals surface area contributed by atoms with E-state index < -0.39 is 15.9 Å². The van der Waals surface area contributed by atoms with Gasteiger partial charge in [0, 0.05) is 6.54 Å². The predicted molar refractivity (Wildman–Crippen MR) is 70.3 cm³/mol. The summed E-state index contributed by atoms with van der Waals surface area (Å²) >= 11 is 0. The first-order valence-corrected chi connectivity index (χ1v) is 8.50. The van der Waals surface area contributed by atoms with E-state index in [1.165, 1.54) is 12.8 Å². The summed E-state index contributed by atoms with van der Waals surface area (Å²) < 4.78 is 28.6. The zero-order chi connectivity index (χ0) is 13.5. The second-order valence-electron chi connectivity index (χ2n) is 5.66. The largest absolute Gasteiger partial charge is 0.468 e. The van der Waals surface area contributed by atoms with Gasteiger partial charge in [0.15, 0.2) is 9.84 Å². The van der Waals surface area contributed by atoms with Gasteiger partial charge in [-0.3, -0.25) is 4.90 Å². The molecule has 0 amide bonds. The highest BCUT2D eigenvalue weighted by molar-refractivity contribution is 7.91. The van der Waals surface area contributed by atoms with Gasteiger partial charge in [-0.25, -0.2) is 8.42 Å². The lowest BCUT2D eigenvalue weighted by Crippen LogP contribution is -2.43. The fraction of sp³-hybridized carbons (Fsp3) is 0.692. The molecule has 0 bridgehead atoms. The Kier molecular flexibility index (Phi) is 3.41. The van der Waals surface area contributed by atoms with Crippen LogP contribution in [0.5, 0.6) is 0 Å². The quantitative estimate of drug-likeness (QED) is 0.860. The highest BCUT2D eigenvalue weighted by Crippen LogP contribution is 2.32. The first kappa shape index (κ1) is 13.1. The molecule has 2 atom stereocenters. The molecule has 1 saturated heterocycles. The summed E-state index contributed by atoms with van der Waals surface area (Å²) in [6.07, 6.45) is 3.24. The Labute approximate surface area is 113 Å². The highest BCUT2D eigenvalue weighted by atomic mass is 32.2. The van der Waals surface area contributed by atoms with Crippen LogP contribution < -0.4 is 0 Å². The molecule has 2 unspecified atom stereocenters. The summed E-state index contributed by atoms with van der Waals surface area (Å²) in [4.78, 5) is 2.08. The summed E-state index contributed by atoms with van der Waals surface area (Å²) in [5, 5.41) is 10.0. The molecule has 0 aromatic carbocycles. The van der Waals surface area contributed by atoms with Gasteiger partial charge < -0.3 is 9.52 Å². The van der Waals surface area contributed by atoms with Gasteiger partial charge >= 0.3 is 0 Å². The van der Waals surface area contributed by atoms with Gasteiger partial charge in [-0.05, 0) is 30.9 Å². The molecule has 1 saturated carbocycles. The van der Waals surface area contributed by atoms with E-state index in [-0.39, 0.29) is 17.5 Å².